The van der Waals surface area contributed by atoms with E-state index in [4.69, 9.17) is 5.11 Å². The Morgan fingerprint density at radius 3 is 2.38 bits per heavy atom. The number of nitrogens with one attached hydrogen (secondary N) is 3. The van der Waals surface area contributed by atoms with E-state index in [1.165, 1.54) is 0 Å². The van der Waals surface area contributed by atoms with Gasteiger partial charge in [0.15, 0.2) is 0 Å². The van der Waals surface area contributed by atoms with Crippen LogP contribution in [0.5, 0.6) is 0 Å². The van der Waals surface area contributed by atoms with Gasteiger partial charge in [0.2, 0.25) is 10.0 Å². The number of aliphatic carboxylic acids is 1. The first-order chi connectivity index (χ1) is 12.2. The van der Waals surface area contributed by atoms with Crippen molar-refractivity contribution in [3.8, 4) is 0 Å². The number of amides is 2. The molecule has 0 unspecified atom stereocenters. The smallest absolute Gasteiger partial charge is 0.319 e. The van der Waals surface area contributed by atoms with Gasteiger partial charge in [0.1, 0.15) is 0 Å². The summed E-state index contributed by atoms with van der Waals surface area (Å²) in [6.07, 6.45) is 2.40. The summed E-state index contributed by atoms with van der Waals surface area (Å²) in [6, 6.07) is 4.53. The number of benzene rings is 1. The van der Waals surface area contributed by atoms with Crippen molar-refractivity contribution in [1.29, 1.82) is 0 Å². The van der Waals surface area contributed by atoms with Gasteiger partial charge in [0.05, 0.1) is 17.4 Å². The minimum absolute atomic E-state index is 0.0149. The molecule has 9 heteroatoms. The van der Waals surface area contributed by atoms with Crippen LogP contribution < -0.4 is 15.4 Å². The van der Waals surface area contributed by atoms with Crippen molar-refractivity contribution in [3.63, 3.8) is 0 Å². The molecule has 1 fully saturated rings. The van der Waals surface area contributed by atoms with Crippen molar-refractivity contribution in [2.24, 2.45) is 5.92 Å². The molecule has 1 saturated carbocycles. The Morgan fingerprint density at radius 2 is 1.85 bits per heavy atom. The predicted octanol–water partition coefficient (Wildman–Crippen LogP) is 2.52. The Labute approximate surface area is 153 Å². The van der Waals surface area contributed by atoms with Crippen LogP contribution in [0.2, 0.25) is 0 Å². The molecule has 0 aromatic heterocycles. The maximum atomic E-state index is 12.1. The van der Waals surface area contributed by atoms with Gasteiger partial charge in [-0.2, -0.15) is 0 Å². The highest BCUT2D eigenvalue weighted by Crippen LogP contribution is 2.25. The summed E-state index contributed by atoms with van der Waals surface area (Å²) in [7, 11) is -3.35. The average Bonchev–Trinajstić information content (AvgIpc) is 2.57. The largest absolute Gasteiger partial charge is 0.481 e. The van der Waals surface area contributed by atoms with Gasteiger partial charge in [-0.1, -0.05) is 0 Å². The van der Waals surface area contributed by atoms with Crippen LogP contribution in [-0.4, -0.2) is 37.3 Å². The van der Waals surface area contributed by atoms with E-state index < -0.39 is 16.0 Å². The van der Waals surface area contributed by atoms with Crippen molar-refractivity contribution in [2.45, 2.75) is 45.6 Å². The first kappa shape index (κ1) is 20.0. The lowest BCUT2D eigenvalue weighted by Crippen LogP contribution is -2.41. The zero-order valence-electron chi connectivity index (χ0n) is 14.9. The second-order valence-electron chi connectivity index (χ2n) is 6.52. The van der Waals surface area contributed by atoms with Crippen LogP contribution in [0.3, 0.4) is 0 Å². The third kappa shape index (κ3) is 5.62. The van der Waals surface area contributed by atoms with Crippen molar-refractivity contribution in [2.75, 3.05) is 15.8 Å². The molecule has 0 aliphatic heterocycles. The predicted molar refractivity (Wildman–Crippen MR) is 99.8 cm³/mol. The molecular weight excluding hydrogens is 358 g/mol. The molecule has 8 nitrogen and oxygen atoms in total. The molecule has 4 N–H and O–H groups in total. The summed E-state index contributed by atoms with van der Waals surface area (Å²) in [4.78, 5) is 23.1. The Kier molecular flexibility index (Phi) is 6.47. The number of hydrogen-bond donors (Lipinski definition) is 4. The van der Waals surface area contributed by atoms with Crippen LogP contribution in [-0.2, 0) is 14.8 Å². The molecule has 0 radical (unpaired) electrons. The summed E-state index contributed by atoms with van der Waals surface area (Å²) in [5.41, 5.74) is 1.73. The van der Waals surface area contributed by atoms with Gasteiger partial charge < -0.3 is 15.7 Å². The molecule has 0 spiro atoms. The summed E-state index contributed by atoms with van der Waals surface area (Å²) in [5.74, 6) is -1.11. The van der Waals surface area contributed by atoms with Crippen molar-refractivity contribution in [3.05, 3.63) is 23.8 Å². The summed E-state index contributed by atoms with van der Waals surface area (Å²) in [5, 5.41) is 14.6. The monoisotopic (exact) mass is 383 g/mol. The van der Waals surface area contributed by atoms with Crippen LogP contribution in [0.1, 0.15) is 38.2 Å². The maximum absolute atomic E-state index is 12.1. The van der Waals surface area contributed by atoms with E-state index in [0.717, 1.165) is 0 Å². The Hall–Kier alpha value is -2.29. The Bertz CT molecular complexity index is 771. The van der Waals surface area contributed by atoms with E-state index in [1.54, 1.807) is 32.0 Å². The standard InChI is InChI=1S/C17H25N3O5S/c1-3-26(24,25)20-15-9-8-14(10-11(15)2)19-17(23)18-13-6-4-12(5-7-13)16(21)22/h8-10,12-13,20H,3-7H2,1-2H3,(H,21,22)(H2,18,19,23). The number of aryl methyl sites for hydroxylation is 1. The highest BCUT2D eigenvalue weighted by molar-refractivity contribution is 7.92. The number of carboxylic acids is 1. The van der Waals surface area contributed by atoms with Crippen LogP contribution in [0.4, 0.5) is 16.2 Å². The maximum Gasteiger partial charge on any atom is 0.319 e. The second kappa shape index (κ2) is 8.39. The average molecular weight is 383 g/mol. The summed E-state index contributed by atoms with van der Waals surface area (Å²) in [6.45, 7) is 3.31. The second-order valence-corrected chi connectivity index (χ2v) is 8.53. The molecule has 26 heavy (non-hydrogen) atoms. The van der Waals surface area contributed by atoms with Gasteiger partial charge in [-0.05, 0) is 63.3 Å². The van der Waals surface area contributed by atoms with Crippen molar-refractivity contribution >= 4 is 33.4 Å². The number of sulfonamides is 1. The molecule has 1 aromatic carbocycles. The van der Waals surface area contributed by atoms with Gasteiger partial charge in [-0.25, -0.2) is 13.2 Å². The normalized spacial score (nSPS) is 20.2. The number of anilines is 2. The SMILES string of the molecule is CCS(=O)(=O)Nc1ccc(NC(=O)NC2CCC(C(=O)O)CC2)cc1C. The quantitative estimate of drug-likeness (QED) is 0.601. The van der Waals surface area contributed by atoms with Crippen LogP contribution >= 0.6 is 0 Å². The molecule has 1 aromatic rings. The van der Waals surface area contributed by atoms with E-state index >= 15 is 0 Å². The van der Waals surface area contributed by atoms with E-state index in [2.05, 4.69) is 15.4 Å². The van der Waals surface area contributed by atoms with E-state index in [1.807, 2.05) is 0 Å². The highest BCUT2D eigenvalue weighted by Gasteiger charge is 2.26. The summed E-state index contributed by atoms with van der Waals surface area (Å²) >= 11 is 0. The lowest BCUT2D eigenvalue weighted by molar-refractivity contribution is -0.142. The van der Waals surface area contributed by atoms with Crippen LogP contribution in [0.15, 0.2) is 18.2 Å². The molecule has 1 aliphatic carbocycles. The van der Waals surface area contributed by atoms with Crippen molar-refractivity contribution in [1.82, 2.24) is 5.32 Å². The molecular formula is C17H25N3O5S. The number of carbonyl (C=O) groups excluding carboxylic acids is 1. The molecule has 144 valence electrons. The molecule has 2 amide bonds. The molecule has 2 rings (SSSR count). The van der Waals surface area contributed by atoms with Crippen LogP contribution in [0.25, 0.3) is 0 Å². The van der Waals surface area contributed by atoms with Gasteiger partial charge in [0, 0.05) is 11.7 Å². The molecule has 0 saturated heterocycles. The third-order valence-corrected chi connectivity index (χ3v) is 5.83. The fourth-order valence-electron chi connectivity index (χ4n) is 2.93. The fraction of sp³-hybridized carbons (Fsp3) is 0.529. The lowest BCUT2D eigenvalue weighted by atomic mass is 9.86. The number of hydrogen-bond acceptors (Lipinski definition) is 4. The van der Waals surface area contributed by atoms with Crippen LogP contribution in [0, 0.1) is 12.8 Å². The first-order valence-corrected chi connectivity index (χ1v) is 10.3. The molecule has 0 atom stereocenters. The molecule has 1 aliphatic rings. The molecule has 0 bridgehead atoms. The minimum atomic E-state index is -3.35. The number of rotatable bonds is 6. The number of urea groups is 1. The van der Waals surface area contributed by atoms with Gasteiger partial charge in [-0.3, -0.25) is 9.52 Å². The number of carbonyl (C=O) groups is 2. The van der Waals surface area contributed by atoms with Gasteiger partial charge in [0.25, 0.3) is 0 Å². The topological polar surface area (TPSA) is 125 Å². The van der Waals surface area contributed by atoms with E-state index in [9.17, 15) is 18.0 Å². The summed E-state index contributed by atoms with van der Waals surface area (Å²) < 4.78 is 25.8. The highest BCUT2D eigenvalue weighted by atomic mass is 32.2. The Morgan fingerprint density at radius 1 is 1.19 bits per heavy atom. The van der Waals surface area contributed by atoms with Gasteiger partial charge >= 0.3 is 12.0 Å². The minimum Gasteiger partial charge on any atom is -0.481 e. The van der Waals surface area contributed by atoms with Gasteiger partial charge in [-0.15, -0.1) is 0 Å². The van der Waals surface area contributed by atoms with E-state index in [0.29, 0.717) is 42.6 Å². The zero-order chi connectivity index (χ0) is 19.3. The zero-order valence-corrected chi connectivity index (χ0v) is 15.7. The third-order valence-electron chi connectivity index (χ3n) is 4.54. The van der Waals surface area contributed by atoms with Crippen molar-refractivity contribution < 1.29 is 23.1 Å². The fourth-order valence-corrected chi connectivity index (χ4v) is 3.64. The molecule has 0 heterocycles. The van der Waals surface area contributed by atoms with E-state index in [-0.39, 0.29) is 23.7 Å². The number of carboxylic acid groups (broad SMARTS) is 1. The lowest BCUT2D eigenvalue weighted by Gasteiger charge is -2.26. The Balaban J connectivity index is 1.89. The first-order valence-electron chi connectivity index (χ1n) is 8.61.